The molecule has 4 heteroatoms. The SMILES string of the molecule is COCCNC(C)(C#N)C1CCOC1. The Balaban J connectivity index is 2.43. The summed E-state index contributed by atoms with van der Waals surface area (Å²) in [5.41, 5.74) is -0.477. The third kappa shape index (κ3) is 2.68. The van der Waals surface area contributed by atoms with Crippen LogP contribution in [0.5, 0.6) is 0 Å². The molecule has 1 heterocycles. The van der Waals surface area contributed by atoms with Gasteiger partial charge in [0.1, 0.15) is 5.54 Å². The van der Waals surface area contributed by atoms with E-state index in [0.29, 0.717) is 25.7 Å². The molecule has 1 rings (SSSR count). The van der Waals surface area contributed by atoms with Crippen molar-refractivity contribution in [3.8, 4) is 6.07 Å². The van der Waals surface area contributed by atoms with Gasteiger partial charge in [0.15, 0.2) is 0 Å². The van der Waals surface area contributed by atoms with Crippen LogP contribution in [0.25, 0.3) is 0 Å². The lowest BCUT2D eigenvalue weighted by atomic mass is 9.86. The third-order valence-corrected chi connectivity index (χ3v) is 2.78. The van der Waals surface area contributed by atoms with Crippen molar-refractivity contribution in [3.63, 3.8) is 0 Å². The van der Waals surface area contributed by atoms with Gasteiger partial charge < -0.3 is 9.47 Å². The molecule has 14 heavy (non-hydrogen) atoms. The van der Waals surface area contributed by atoms with Crippen LogP contribution in [0.15, 0.2) is 0 Å². The minimum absolute atomic E-state index is 0.296. The number of nitriles is 1. The highest BCUT2D eigenvalue weighted by molar-refractivity contribution is 5.08. The summed E-state index contributed by atoms with van der Waals surface area (Å²) in [6.45, 7) is 4.72. The number of ether oxygens (including phenoxy) is 2. The summed E-state index contributed by atoms with van der Waals surface area (Å²) in [4.78, 5) is 0. The Kier molecular flexibility index (Phi) is 4.33. The van der Waals surface area contributed by atoms with Crippen LogP contribution in [0.4, 0.5) is 0 Å². The van der Waals surface area contributed by atoms with Crippen LogP contribution in [0.1, 0.15) is 13.3 Å². The van der Waals surface area contributed by atoms with Crippen molar-refractivity contribution < 1.29 is 9.47 Å². The Labute approximate surface area is 85.2 Å². The van der Waals surface area contributed by atoms with Gasteiger partial charge in [0.2, 0.25) is 0 Å². The van der Waals surface area contributed by atoms with Gasteiger partial charge >= 0.3 is 0 Å². The van der Waals surface area contributed by atoms with Crippen LogP contribution in [0, 0.1) is 17.2 Å². The molecule has 0 aromatic rings. The smallest absolute Gasteiger partial charge is 0.109 e. The maximum absolute atomic E-state index is 9.14. The molecule has 2 unspecified atom stereocenters. The van der Waals surface area contributed by atoms with E-state index in [4.69, 9.17) is 14.7 Å². The van der Waals surface area contributed by atoms with E-state index in [0.717, 1.165) is 13.0 Å². The highest BCUT2D eigenvalue weighted by Crippen LogP contribution is 2.24. The van der Waals surface area contributed by atoms with Gasteiger partial charge in [0.05, 0.1) is 19.3 Å². The molecular formula is C10H18N2O2. The zero-order valence-corrected chi connectivity index (χ0v) is 8.88. The second-order valence-corrected chi connectivity index (χ2v) is 3.79. The number of hydrogen-bond acceptors (Lipinski definition) is 4. The van der Waals surface area contributed by atoms with E-state index in [-0.39, 0.29) is 0 Å². The number of rotatable bonds is 5. The van der Waals surface area contributed by atoms with E-state index >= 15 is 0 Å². The van der Waals surface area contributed by atoms with E-state index in [1.165, 1.54) is 0 Å². The van der Waals surface area contributed by atoms with Gasteiger partial charge in [-0.1, -0.05) is 0 Å². The fourth-order valence-electron chi connectivity index (χ4n) is 1.68. The lowest BCUT2D eigenvalue weighted by Crippen LogP contribution is -2.49. The number of nitrogens with zero attached hydrogens (tertiary/aromatic N) is 1. The predicted molar refractivity (Wildman–Crippen MR) is 52.8 cm³/mol. The molecule has 0 spiro atoms. The standard InChI is InChI=1S/C10H18N2O2/c1-10(8-11,12-4-6-13-2)9-3-5-14-7-9/h9,12H,3-7H2,1-2H3. The van der Waals surface area contributed by atoms with Gasteiger partial charge in [0, 0.05) is 26.2 Å². The number of methoxy groups -OCH3 is 1. The first-order chi connectivity index (χ1) is 6.73. The average molecular weight is 198 g/mol. The third-order valence-electron chi connectivity index (χ3n) is 2.78. The van der Waals surface area contributed by atoms with E-state index in [1.807, 2.05) is 6.92 Å². The predicted octanol–water partition coefficient (Wildman–Crippen LogP) is 0.541. The first kappa shape index (κ1) is 11.4. The molecule has 1 aliphatic rings. The molecule has 0 aromatic heterocycles. The van der Waals surface area contributed by atoms with Crippen molar-refractivity contribution in [2.45, 2.75) is 18.9 Å². The molecule has 1 saturated heterocycles. The minimum atomic E-state index is -0.477. The molecule has 1 N–H and O–H groups in total. The van der Waals surface area contributed by atoms with Gasteiger partial charge in [0.25, 0.3) is 0 Å². The van der Waals surface area contributed by atoms with Crippen molar-refractivity contribution >= 4 is 0 Å². The summed E-state index contributed by atoms with van der Waals surface area (Å²) < 4.78 is 10.2. The molecule has 1 fully saturated rings. The number of nitrogens with one attached hydrogen (secondary N) is 1. The fraction of sp³-hybridized carbons (Fsp3) is 0.900. The summed E-state index contributed by atoms with van der Waals surface area (Å²) in [6.07, 6.45) is 0.962. The molecular weight excluding hydrogens is 180 g/mol. The molecule has 0 radical (unpaired) electrons. The van der Waals surface area contributed by atoms with Crippen LogP contribution in [0.2, 0.25) is 0 Å². The molecule has 0 bridgehead atoms. The first-order valence-electron chi connectivity index (χ1n) is 4.96. The zero-order valence-electron chi connectivity index (χ0n) is 8.88. The van der Waals surface area contributed by atoms with Crippen molar-refractivity contribution in [1.29, 1.82) is 5.26 Å². The van der Waals surface area contributed by atoms with E-state index in [1.54, 1.807) is 7.11 Å². The fourth-order valence-corrected chi connectivity index (χ4v) is 1.68. The lowest BCUT2D eigenvalue weighted by molar-refractivity contribution is 0.157. The molecule has 4 nitrogen and oxygen atoms in total. The highest BCUT2D eigenvalue weighted by Gasteiger charge is 2.36. The van der Waals surface area contributed by atoms with Gasteiger partial charge in [-0.3, -0.25) is 5.32 Å². The Morgan fingerprint density at radius 1 is 1.71 bits per heavy atom. The van der Waals surface area contributed by atoms with Gasteiger partial charge in [-0.25, -0.2) is 0 Å². The monoisotopic (exact) mass is 198 g/mol. The molecule has 0 aromatic carbocycles. The Bertz CT molecular complexity index is 209. The summed E-state index contributed by atoms with van der Waals surface area (Å²) in [7, 11) is 1.66. The summed E-state index contributed by atoms with van der Waals surface area (Å²) >= 11 is 0. The second kappa shape index (κ2) is 5.30. The van der Waals surface area contributed by atoms with Crippen LogP contribution < -0.4 is 5.32 Å². The zero-order chi connectivity index (χ0) is 10.4. The van der Waals surface area contributed by atoms with E-state index < -0.39 is 5.54 Å². The maximum Gasteiger partial charge on any atom is 0.109 e. The molecule has 2 atom stereocenters. The van der Waals surface area contributed by atoms with Crippen molar-refractivity contribution in [2.75, 3.05) is 33.5 Å². The van der Waals surface area contributed by atoms with E-state index in [9.17, 15) is 0 Å². The second-order valence-electron chi connectivity index (χ2n) is 3.79. The Hall–Kier alpha value is -0.630. The minimum Gasteiger partial charge on any atom is -0.383 e. The first-order valence-corrected chi connectivity index (χ1v) is 4.96. The molecule has 0 saturated carbocycles. The summed E-state index contributed by atoms with van der Waals surface area (Å²) in [5.74, 6) is 0.296. The average Bonchev–Trinajstić information content (AvgIpc) is 2.71. The molecule has 1 aliphatic heterocycles. The highest BCUT2D eigenvalue weighted by atomic mass is 16.5. The Morgan fingerprint density at radius 3 is 3.00 bits per heavy atom. The topological polar surface area (TPSA) is 54.3 Å². The van der Waals surface area contributed by atoms with Crippen LogP contribution in [-0.2, 0) is 9.47 Å². The van der Waals surface area contributed by atoms with Gasteiger partial charge in [-0.2, -0.15) is 5.26 Å². The van der Waals surface area contributed by atoms with Crippen LogP contribution in [0.3, 0.4) is 0 Å². The van der Waals surface area contributed by atoms with Crippen molar-refractivity contribution in [3.05, 3.63) is 0 Å². The normalized spacial score (nSPS) is 25.6. The van der Waals surface area contributed by atoms with E-state index in [2.05, 4.69) is 11.4 Å². The summed E-state index contributed by atoms with van der Waals surface area (Å²) in [6, 6.07) is 2.33. The van der Waals surface area contributed by atoms with Gasteiger partial charge in [-0.05, 0) is 13.3 Å². The van der Waals surface area contributed by atoms with Crippen LogP contribution >= 0.6 is 0 Å². The lowest BCUT2D eigenvalue weighted by Gasteiger charge is -2.28. The largest absolute Gasteiger partial charge is 0.383 e. The quantitative estimate of drug-likeness (QED) is 0.655. The molecule has 0 amide bonds. The van der Waals surface area contributed by atoms with Crippen LogP contribution in [-0.4, -0.2) is 39.0 Å². The van der Waals surface area contributed by atoms with Gasteiger partial charge in [-0.15, -0.1) is 0 Å². The Morgan fingerprint density at radius 2 is 2.50 bits per heavy atom. The molecule has 80 valence electrons. The van der Waals surface area contributed by atoms with Crippen molar-refractivity contribution in [2.24, 2.45) is 5.92 Å². The molecule has 0 aliphatic carbocycles. The number of hydrogen-bond donors (Lipinski definition) is 1. The summed E-state index contributed by atoms with van der Waals surface area (Å²) in [5, 5.41) is 12.4. The van der Waals surface area contributed by atoms with Crippen molar-refractivity contribution in [1.82, 2.24) is 5.32 Å². The maximum atomic E-state index is 9.14.